The number of rotatable bonds is 7. The minimum Gasteiger partial charge on any atom is -0.478 e. The molecule has 0 fully saturated rings. The summed E-state index contributed by atoms with van der Waals surface area (Å²) in [7, 11) is 0. The summed E-state index contributed by atoms with van der Waals surface area (Å²) in [4.78, 5) is 8.33. The molecular weight excluding hydrogens is 208 g/mol. The molecule has 0 aliphatic rings. The Labute approximate surface area is 95.2 Å². The molecule has 1 aromatic rings. The molecule has 16 heavy (non-hydrogen) atoms. The van der Waals surface area contributed by atoms with E-state index in [1.165, 1.54) is 0 Å². The SMILES string of the molecule is CCOc1cc(OCC)nc(NCCN)n1. The molecule has 0 bridgehead atoms. The summed E-state index contributed by atoms with van der Waals surface area (Å²) in [6.07, 6.45) is 0. The van der Waals surface area contributed by atoms with E-state index in [1.54, 1.807) is 6.07 Å². The highest BCUT2D eigenvalue weighted by Crippen LogP contribution is 2.17. The Morgan fingerprint density at radius 2 is 1.75 bits per heavy atom. The van der Waals surface area contributed by atoms with Crippen LogP contribution in [0.15, 0.2) is 6.07 Å². The van der Waals surface area contributed by atoms with Crippen molar-refractivity contribution in [2.75, 3.05) is 31.6 Å². The first-order chi connectivity index (χ1) is 7.80. The molecule has 6 heteroatoms. The van der Waals surface area contributed by atoms with E-state index in [2.05, 4.69) is 15.3 Å². The van der Waals surface area contributed by atoms with Crippen LogP contribution in [-0.4, -0.2) is 36.3 Å². The topological polar surface area (TPSA) is 82.3 Å². The van der Waals surface area contributed by atoms with Crippen LogP contribution < -0.4 is 20.5 Å². The molecule has 0 radical (unpaired) electrons. The molecule has 0 unspecified atom stereocenters. The van der Waals surface area contributed by atoms with Gasteiger partial charge in [0.15, 0.2) is 0 Å². The molecule has 1 heterocycles. The fraction of sp³-hybridized carbons (Fsp3) is 0.600. The van der Waals surface area contributed by atoms with Gasteiger partial charge >= 0.3 is 0 Å². The van der Waals surface area contributed by atoms with E-state index < -0.39 is 0 Å². The van der Waals surface area contributed by atoms with E-state index in [-0.39, 0.29) is 0 Å². The Balaban J connectivity index is 2.80. The molecule has 0 saturated heterocycles. The van der Waals surface area contributed by atoms with Gasteiger partial charge in [0.05, 0.1) is 19.3 Å². The van der Waals surface area contributed by atoms with Crippen molar-refractivity contribution in [1.29, 1.82) is 0 Å². The maximum Gasteiger partial charge on any atom is 0.229 e. The Morgan fingerprint density at radius 3 is 2.19 bits per heavy atom. The number of anilines is 1. The fourth-order valence-corrected chi connectivity index (χ4v) is 1.11. The summed E-state index contributed by atoms with van der Waals surface area (Å²) in [6.45, 7) is 6.04. The largest absolute Gasteiger partial charge is 0.478 e. The third-order valence-electron chi connectivity index (χ3n) is 1.69. The minimum atomic E-state index is 0.472. The molecule has 1 rings (SSSR count). The summed E-state index contributed by atoms with van der Waals surface area (Å²) < 4.78 is 10.6. The molecule has 0 atom stereocenters. The first-order valence-corrected chi connectivity index (χ1v) is 5.38. The van der Waals surface area contributed by atoms with Crippen molar-refractivity contribution >= 4 is 5.95 Å². The molecule has 0 saturated carbocycles. The standard InChI is InChI=1S/C10H18N4O2/c1-3-15-8-7-9(16-4-2)14-10(13-8)12-6-5-11/h7H,3-6,11H2,1-2H3,(H,12,13,14). The number of nitrogens with two attached hydrogens (primary N) is 1. The molecule has 1 aromatic heterocycles. The van der Waals surface area contributed by atoms with E-state index >= 15 is 0 Å². The molecule has 0 aliphatic heterocycles. The molecule has 0 amide bonds. The van der Waals surface area contributed by atoms with Gasteiger partial charge in [0.25, 0.3) is 0 Å². The van der Waals surface area contributed by atoms with Crippen LogP contribution in [0.2, 0.25) is 0 Å². The normalized spacial score (nSPS) is 9.94. The number of ether oxygens (including phenoxy) is 2. The lowest BCUT2D eigenvalue weighted by atomic mass is 10.5. The van der Waals surface area contributed by atoms with Gasteiger partial charge in [0.2, 0.25) is 17.7 Å². The zero-order valence-electron chi connectivity index (χ0n) is 9.69. The summed E-state index contributed by atoms with van der Waals surface area (Å²) in [5.74, 6) is 1.47. The second-order valence-electron chi connectivity index (χ2n) is 2.95. The number of hydrogen-bond donors (Lipinski definition) is 2. The highest BCUT2D eigenvalue weighted by Gasteiger charge is 2.05. The second kappa shape index (κ2) is 6.84. The van der Waals surface area contributed by atoms with Crippen LogP contribution >= 0.6 is 0 Å². The van der Waals surface area contributed by atoms with Crippen molar-refractivity contribution in [3.05, 3.63) is 6.07 Å². The van der Waals surface area contributed by atoms with Crippen molar-refractivity contribution in [3.63, 3.8) is 0 Å². The van der Waals surface area contributed by atoms with Crippen LogP contribution in [0.4, 0.5) is 5.95 Å². The fourth-order valence-electron chi connectivity index (χ4n) is 1.11. The van der Waals surface area contributed by atoms with E-state index in [1.807, 2.05) is 13.8 Å². The van der Waals surface area contributed by atoms with Crippen LogP contribution in [0.25, 0.3) is 0 Å². The number of hydrogen-bond acceptors (Lipinski definition) is 6. The second-order valence-corrected chi connectivity index (χ2v) is 2.95. The third kappa shape index (κ3) is 3.90. The third-order valence-corrected chi connectivity index (χ3v) is 1.69. The molecule has 90 valence electrons. The van der Waals surface area contributed by atoms with Gasteiger partial charge in [-0.1, -0.05) is 0 Å². The summed E-state index contributed by atoms with van der Waals surface area (Å²) in [5, 5.41) is 2.98. The first kappa shape index (κ1) is 12.5. The average Bonchev–Trinajstić information content (AvgIpc) is 2.27. The first-order valence-electron chi connectivity index (χ1n) is 5.38. The Kier molecular flexibility index (Phi) is 5.35. The van der Waals surface area contributed by atoms with Gasteiger partial charge in [0.1, 0.15) is 0 Å². The number of aromatic nitrogens is 2. The van der Waals surface area contributed by atoms with Crippen LogP contribution in [0.3, 0.4) is 0 Å². The summed E-state index contributed by atoms with van der Waals surface area (Å²) in [6, 6.07) is 1.67. The van der Waals surface area contributed by atoms with Gasteiger partial charge in [-0.05, 0) is 13.8 Å². The molecule has 0 spiro atoms. The van der Waals surface area contributed by atoms with Gasteiger partial charge in [-0.3, -0.25) is 0 Å². The predicted molar refractivity (Wildman–Crippen MR) is 61.9 cm³/mol. The van der Waals surface area contributed by atoms with Crippen molar-refractivity contribution in [1.82, 2.24) is 9.97 Å². The smallest absolute Gasteiger partial charge is 0.229 e. The van der Waals surface area contributed by atoms with Crippen molar-refractivity contribution in [2.24, 2.45) is 5.73 Å². The monoisotopic (exact) mass is 226 g/mol. The zero-order valence-corrected chi connectivity index (χ0v) is 9.69. The summed E-state index contributed by atoms with van der Waals surface area (Å²) >= 11 is 0. The molecule has 3 N–H and O–H groups in total. The number of nitrogens with zero attached hydrogens (tertiary/aromatic N) is 2. The van der Waals surface area contributed by atoms with Crippen molar-refractivity contribution in [2.45, 2.75) is 13.8 Å². The lowest BCUT2D eigenvalue weighted by Gasteiger charge is -2.09. The molecule has 0 aliphatic carbocycles. The maximum atomic E-state index is 5.39. The lowest BCUT2D eigenvalue weighted by Crippen LogP contribution is -2.15. The van der Waals surface area contributed by atoms with E-state index in [9.17, 15) is 0 Å². The van der Waals surface area contributed by atoms with Gasteiger partial charge in [-0.15, -0.1) is 0 Å². The number of nitrogens with one attached hydrogen (secondary N) is 1. The van der Waals surface area contributed by atoms with Gasteiger partial charge in [-0.2, -0.15) is 9.97 Å². The Morgan fingerprint density at radius 1 is 1.19 bits per heavy atom. The van der Waals surface area contributed by atoms with Crippen LogP contribution in [0.1, 0.15) is 13.8 Å². The van der Waals surface area contributed by atoms with Crippen molar-refractivity contribution < 1.29 is 9.47 Å². The highest BCUT2D eigenvalue weighted by atomic mass is 16.5. The summed E-state index contributed by atoms with van der Waals surface area (Å²) in [5.41, 5.74) is 5.39. The van der Waals surface area contributed by atoms with Crippen LogP contribution in [-0.2, 0) is 0 Å². The Hall–Kier alpha value is -1.56. The van der Waals surface area contributed by atoms with Crippen LogP contribution in [0.5, 0.6) is 11.8 Å². The van der Waals surface area contributed by atoms with E-state index in [0.29, 0.717) is 44.0 Å². The van der Waals surface area contributed by atoms with Crippen molar-refractivity contribution in [3.8, 4) is 11.8 Å². The molecule has 6 nitrogen and oxygen atoms in total. The Bertz CT molecular complexity index is 295. The minimum absolute atomic E-state index is 0.472. The van der Waals surface area contributed by atoms with Gasteiger partial charge < -0.3 is 20.5 Å². The molecular formula is C10H18N4O2. The predicted octanol–water partition coefficient (Wildman–Crippen LogP) is 0.645. The molecule has 0 aromatic carbocycles. The van der Waals surface area contributed by atoms with E-state index in [4.69, 9.17) is 15.2 Å². The average molecular weight is 226 g/mol. The van der Waals surface area contributed by atoms with Gasteiger partial charge in [-0.25, -0.2) is 0 Å². The highest BCUT2D eigenvalue weighted by molar-refractivity contribution is 5.33. The zero-order chi connectivity index (χ0) is 11.8. The van der Waals surface area contributed by atoms with Crippen LogP contribution in [0, 0.1) is 0 Å². The van der Waals surface area contributed by atoms with E-state index in [0.717, 1.165) is 0 Å². The quantitative estimate of drug-likeness (QED) is 0.710. The van der Waals surface area contributed by atoms with Gasteiger partial charge in [0, 0.05) is 13.1 Å². The lowest BCUT2D eigenvalue weighted by molar-refractivity contribution is 0.306. The maximum absolute atomic E-state index is 5.39.